The van der Waals surface area contributed by atoms with Gasteiger partial charge in [-0.25, -0.2) is 0 Å². The van der Waals surface area contributed by atoms with Gasteiger partial charge >= 0.3 is 0 Å². The molecule has 2 aromatic heterocycles. The first-order chi connectivity index (χ1) is 9.83. The van der Waals surface area contributed by atoms with Crippen LogP contribution in [0.25, 0.3) is 11.0 Å². The molecule has 0 aliphatic carbocycles. The molecule has 3 heterocycles. The average molecular weight is 269 g/mol. The summed E-state index contributed by atoms with van der Waals surface area (Å²) >= 11 is 0. The lowest BCUT2D eigenvalue weighted by molar-refractivity contribution is 0.291. The molecule has 0 bridgehead atoms. The van der Waals surface area contributed by atoms with Crippen molar-refractivity contribution in [2.45, 2.75) is 19.4 Å². The van der Waals surface area contributed by atoms with Gasteiger partial charge in [-0.1, -0.05) is 0 Å². The number of nitrogens with two attached hydrogens (primary N) is 1. The zero-order chi connectivity index (χ0) is 13.5. The second-order valence-electron chi connectivity index (χ2n) is 5.06. The monoisotopic (exact) mass is 269 g/mol. The van der Waals surface area contributed by atoms with Crippen LogP contribution in [0.4, 0.5) is 5.69 Å². The molecule has 1 aliphatic rings. The minimum absolute atomic E-state index is 0.642. The molecule has 0 unspecified atom stereocenters. The maximum absolute atomic E-state index is 6.00. The number of anilines is 1. The largest absolute Gasteiger partial charge is 0.492 e. The van der Waals surface area contributed by atoms with E-state index in [1.165, 1.54) is 11.1 Å². The Morgan fingerprint density at radius 2 is 2.35 bits per heavy atom. The first-order valence-corrected chi connectivity index (χ1v) is 6.74. The third-order valence-corrected chi connectivity index (χ3v) is 3.75. The molecule has 5 nitrogen and oxygen atoms in total. The van der Waals surface area contributed by atoms with Crippen molar-refractivity contribution in [2.75, 3.05) is 12.3 Å². The highest BCUT2D eigenvalue weighted by Gasteiger charge is 2.21. The van der Waals surface area contributed by atoms with Gasteiger partial charge in [-0.2, -0.15) is 5.10 Å². The molecule has 0 amide bonds. The van der Waals surface area contributed by atoms with Gasteiger partial charge in [0.1, 0.15) is 17.6 Å². The lowest BCUT2D eigenvalue weighted by atomic mass is 9.97. The summed E-state index contributed by atoms with van der Waals surface area (Å²) < 4.78 is 13.3. The number of aromatic nitrogens is 2. The van der Waals surface area contributed by atoms with Crippen LogP contribution in [0.2, 0.25) is 0 Å². The molecule has 1 aliphatic heterocycles. The van der Waals surface area contributed by atoms with Crippen LogP contribution >= 0.6 is 0 Å². The molecule has 0 spiro atoms. The summed E-state index contributed by atoms with van der Waals surface area (Å²) in [5, 5.41) is 5.17. The van der Waals surface area contributed by atoms with E-state index in [0.717, 1.165) is 42.7 Å². The summed E-state index contributed by atoms with van der Waals surface area (Å²) in [5.74, 6) is 0.891. The topological polar surface area (TPSA) is 66.2 Å². The Kier molecular flexibility index (Phi) is 2.45. The Morgan fingerprint density at radius 3 is 3.20 bits per heavy atom. The second kappa shape index (κ2) is 4.30. The van der Waals surface area contributed by atoms with Crippen LogP contribution in [0.5, 0.6) is 5.75 Å². The van der Waals surface area contributed by atoms with Crippen LogP contribution in [0.3, 0.4) is 0 Å². The van der Waals surface area contributed by atoms with Crippen molar-refractivity contribution in [2.24, 2.45) is 0 Å². The first kappa shape index (κ1) is 11.4. The van der Waals surface area contributed by atoms with E-state index in [0.29, 0.717) is 5.69 Å². The molecule has 4 rings (SSSR count). The molecule has 0 fully saturated rings. The van der Waals surface area contributed by atoms with Gasteiger partial charge in [-0.05, 0) is 30.5 Å². The smallest absolute Gasteiger partial charge is 0.140 e. The molecule has 5 heteroatoms. The summed E-state index contributed by atoms with van der Waals surface area (Å²) in [6, 6.07) is 3.98. The van der Waals surface area contributed by atoms with Crippen molar-refractivity contribution in [3.05, 3.63) is 41.9 Å². The van der Waals surface area contributed by atoms with Crippen LogP contribution in [0.15, 0.2) is 35.2 Å². The Balaban J connectivity index is 1.92. The van der Waals surface area contributed by atoms with Gasteiger partial charge in [0.25, 0.3) is 0 Å². The van der Waals surface area contributed by atoms with Crippen molar-refractivity contribution in [1.29, 1.82) is 0 Å². The molecule has 0 atom stereocenters. The van der Waals surface area contributed by atoms with Crippen LogP contribution in [-0.2, 0) is 13.0 Å². The average Bonchev–Trinajstić information content (AvgIpc) is 3.09. The van der Waals surface area contributed by atoms with E-state index in [9.17, 15) is 0 Å². The third kappa shape index (κ3) is 1.66. The maximum Gasteiger partial charge on any atom is 0.140 e. The lowest BCUT2D eigenvalue weighted by Crippen LogP contribution is -2.13. The first-order valence-electron chi connectivity index (χ1n) is 6.74. The number of furan rings is 1. The summed E-state index contributed by atoms with van der Waals surface area (Å²) in [6.07, 6.45) is 7.36. The zero-order valence-electron chi connectivity index (χ0n) is 11.0. The maximum atomic E-state index is 6.00. The van der Waals surface area contributed by atoms with E-state index in [1.807, 2.05) is 16.9 Å². The Bertz CT molecular complexity index is 759. The fraction of sp³-hybridized carbons (Fsp3) is 0.267. The number of rotatable bonds is 2. The van der Waals surface area contributed by atoms with Gasteiger partial charge in [0.15, 0.2) is 0 Å². The molecule has 0 saturated heterocycles. The van der Waals surface area contributed by atoms with Crippen LogP contribution in [0.1, 0.15) is 17.5 Å². The Morgan fingerprint density at radius 1 is 1.40 bits per heavy atom. The number of fused-ring (bicyclic) bond motifs is 3. The second-order valence-corrected chi connectivity index (χ2v) is 5.06. The van der Waals surface area contributed by atoms with Gasteiger partial charge < -0.3 is 14.9 Å². The molecule has 0 saturated carbocycles. The third-order valence-electron chi connectivity index (χ3n) is 3.75. The van der Waals surface area contributed by atoms with Crippen molar-refractivity contribution in [1.82, 2.24) is 9.78 Å². The Hall–Kier alpha value is -2.43. The molecule has 2 N–H and O–H groups in total. The predicted molar refractivity (Wildman–Crippen MR) is 75.8 cm³/mol. The van der Waals surface area contributed by atoms with E-state index in [4.69, 9.17) is 14.9 Å². The van der Waals surface area contributed by atoms with E-state index in [1.54, 1.807) is 12.5 Å². The van der Waals surface area contributed by atoms with Crippen molar-refractivity contribution in [3.63, 3.8) is 0 Å². The fourth-order valence-electron chi connectivity index (χ4n) is 2.84. The zero-order valence-corrected chi connectivity index (χ0v) is 11.0. The van der Waals surface area contributed by atoms with E-state index in [2.05, 4.69) is 11.2 Å². The van der Waals surface area contributed by atoms with E-state index < -0.39 is 0 Å². The number of nitrogens with zero attached hydrogens (tertiary/aromatic N) is 2. The number of hydrogen-bond acceptors (Lipinski definition) is 4. The van der Waals surface area contributed by atoms with Gasteiger partial charge in [-0.3, -0.25) is 4.68 Å². The summed E-state index contributed by atoms with van der Waals surface area (Å²) in [4.78, 5) is 0. The normalized spacial score (nSPS) is 14.2. The number of ether oxygens (including phenoxy) is 1. The van der Waals surface area contributed by atoms with Crippen molar-refractivity contribution >= 4 is 16.7 Å². The minimum Gasteiger partial charge on any atom is -0.492 e. The predicted octanol–water partition coefficient (Wildman–Crippen LogP) is 2.58. The van der Waals surface area contributed by atoms with Gasteiger partial charge in [0.2, 0.25) is 0 Å². The number of benzene rings is 1. The summed E-state index contributed by atoms with van der Waals surface area (Å²) in [7, 11) is 0. The van der Waals surface area contributed by atoms with Gasteiger partial charge in [0.05, 0.1) is 24.2 Å². The number of hydrogen-bond donors (Lipinski definition) is 1. The van der Waals surface area contributed by atoms with Crippen LogP contribution in [0, 0.1) is 0 Å². The minimum atomic E-state index is 0.642. The molecule has 3 aromatic rings. The molecule has 20 heavy (non-hydrogen) atoms. The van der Waals surface area contributed by atoms with Crippen LogP contribution in [-0.4, -0.2) is 16.4 Å². The molecule has 102 valence electrons. The van der Waals surface area contributed by atoms with Crippen molar-refractivity contribution in [3.8, 4) is 5.75 Å². The lowest BCUT2D eigenvalue weighted by Gasteiger charge is -2.21. The SMILES string of the molecule is Nc1coc2cc(Cn3cccn3)c3c(c12)OCCC3. The van der Waals surface area contributed by atoms with Gasteiger partial charge in [0, 0.05) is 18.0 Å². The fourth-order valence-corrected chi connectivity index (χ4v) is 2.84. The highest BCUT2D eigenvalue weighted by atomic mass is 16.5. The quantitative estimate of drug-likeness (QED) is 0.776. The molecular weight excluding hydrogens is 254 g/mol. The van der Waals surface area contributed by atoms with E-state index in [-0.39, 0.29) is 0 Å². The molecule has 1 aromatic carbocycles. The van der Waals surface area contributed by atoms with E-state index >= 15 is 0 Å². The summed E-state index contributed by atoms with van der Waals surface area (Å²) in [6.45, 7) is 1.45. The Labute approximate surface area is 115 Å². The van der Waals surface area contributed by atoms with Crippen molar-refractivity contribution < 1.29 is 9.15 Å². The van der Waals surface area contributed by atoms with Gasteiger partial charge in [-0.15, -0.1) is 0 Å². The highest BCUT2D eigenvalue weighted by Crippen LogP contribution is 2.40. The molecular formula is C15H15N3O2. The number of nitrogen functional groups attached to an aromatic ring is 1. The molecule has 0 radical (unpaired) electrons. The highest BCUT2D eigenvalue weighted by molar-refractivity contribution is 5.96. The van der Waals surface area contributed by atoms with Crippen LogP contribution < -0.4 is 10.5 Å². The standard InChI is InChI=1S/C15H15N3O2/c16-12-9-20-13-7-10(8-18-5-2-4-17-18)11-3-1-6-19-15(11)14(12)13/h2,4-5,7,9H,1,3,6,8,16H2. The summed E-state index contributed by atoms with van der Waals surface area (Å²) in [5.41, 5.74) is 9.83.